The lowest BCUT2D eigenvalue weighted by molar-refractivity contribution is -0.189. The van der Waals surface area contributed by atoms with Gasteiger partial charge in [0.25, 0.3) is 0 Å². The molecule has 0 radical (unpaired) electrons. The van der Waals surface area contributed by atoms with Crippen LogP contribution in [0.4, 0.5) is 10.5 Å². The van der Waals surface area contributed by atoms with Crippen LogP contribution in [-0.4, -0.2) is 77.0 Å². The number of fused-ring (bicyclic) bond motifs is 1. The van der Waals surface area contributed by atoms with Gasteiger partial charge in [0.1, 0.15) is 17.0 Å². The minimum atomic E-state index is -2.21. The van der Waals surface area contributed by atoms with Crippen LogP contribution in [0.15, 0.2) is 29.8 Å². The van der Waals surface area contributed by atoms with Gasteiger partial charge in [0.15, 0.2) is 13.7 Å². The van der Waals surface area contributed by atoms with E-state index in [0.717, 1.165) is 5.57 Å². The van der Waals surface area contributed by atoms with Crippen LogP contribution in [0.25, 0.3) is 0 Å². The molecule has 10 nitrogen and oxygen atoms in total. The zero-order chi connectivity index (χ0) is 33.8. The fraction of sp³-hybridized carbons (Fsp3) is 0.676. The average molecular weight is 645 g/mol. The van der Waals surface area contributed by atoms with Gasteiger partial charge in [0.05, 0.1) is 33.4 Å². The second-order valence-corrected chi connectivity index (χ2v) is 19.8. The van der Waals surface area contributed by atoms with Crippen LogP contribution in [0.1, 0.15) is 73.3 Å². The molecule has 1 aromatic carbocycles. The number of nitrogens with one attached hydrogen (secondary N) is 1. The zero-order valence-electron chi connectivity index (χ0n) is 29.1. The Morgan fingerprint density at radius 3 is 2.16 bits per heavy atom. The zero-order valence-corrected chi connectivity index (χ0v) is 30.1. The normalized spacial score (nSPS) is 25.8. The standard InChI is InChI=1S/C34H52N2O8Si/c1-13-22(21-43-45(11,12)31(5,6)7)24-16-17-33-32(34(24,27(37)41-9)28(38)42-10,18-19-36(33)29(39)44-30(2,3)4)25-20-23(40-8)14-15-26(25)35-33/h13-15,20,24,35H,16-19,21H2,1-12H3/b22-13-/t24-,32+,33-/m0/s1. The number of likely N-dealkylation sites (tertiary alicyclic amines) is 1. The van der Waals surface area contributed by atoms with Crippen LogP contribution in [0.2, 0.25) is 18.1 Å². The molecule has 1 aliphatic carbocycles. The first-order valence-electron chi connectivity index (χ1n) is 15.8. The Morgan fingerprint density at radius 1 is 1.02 bits per heavy atom. The Balaban J connectivity index is 2.03. The number of nitrogens with zero attached hydrogens (tertiary/aromatic N) is 1. The number of methoxy groups -OCH3 is 3. The quantitative estimate of drug-likeness (QED) is 0.118. The van der Waals surface area contributed by atoms with E-state index in [1.165, 1.54) is 14.2 Å². The highest BCUT2D eigenvalue weighted by molar-refractivity contribution is 6.74. The maximum absolute atomic E-state index is 14.7. The van der Waals surface area contributed by atoms with Crippen LogP contribution in [0.3, 0.4) is 0 Å². The Bertz CT molecular complexity index is 1360. The largest absolute Gasteiger partial charge is 0.497 e. The molecule has 2 aliphatic heterocycles. The number of esters is 2. The molecule has 1 aromatic rings. The molecular formula is C34H52N2O8Si. The van der Waals surface area contributed by atoms with Crippen LogP contribution in [0, 0.1) is 11.3 Å². The summed E-state index contributed by atoms with van der Waals surface area (Å²) >= 11 is 0. The lowest BCUT2D eigenvalue weighted by Crippen LogP contribution is -2.74. The molecule has 1 amide bonds. The number of benzene rings is 1. The minimum absolute atomic E-state index is 0.0434. The van der Waals surface area contributed by atoms with Gasteiger partial charge in [-0.3, -0.25) is 14.5 Å². The highest BCUT2D eigenvalue weighted by atomic mass is 28.4. The van der Waals surface area contributed by atoms with E-state index in [9.17, 15) is 14.4 Å². The SMILES string of the molecule is C/C=C(/CO[Si](C)(C)C(C)(C)C)[C@@H]1CC[C@@]23Nc4ccc(OC)cc4[C@@]2(CCN3C(=O)OC(C)(C)C)C1(C(=O)OC)C(=O)OC. The summed E-state index contributed by atoms with van der Waals surface area (Å²) in [5.41, 5.74) is -2.89. The molecule has 250 valence electrons. The molecule has 0 spiro atoms. The van der Waals surface area contributed by atoms with Crippen molar-refractivity contribution in [2.24, 2.45) is 11.3 Å². The van der Waals surface area contributed by atoms with Crippen LogP contribution >= 0.6 is 0 Å². The van der Waals surface area contributed by atoms with Crippen molar-refractivity contribution in [1.82, 2.24) is 4.90 Å². The third-order valence-electron chi connectivity index (χ3n) is 10.7. The van der Waals surface area contributed by atoms with Crippen molar-refractivity contribution in [2.45, 2.75) is 103 Å². The van der Waals surface area contributed by atoms with Gasteiger partial charge >= 0.3 is 18.0 Å². The first-order chi connectivity index (χ1) is 20.8. The highest BCUT2D eigenvalue weighted by Gasteiger charge is 2.83. The summed E-state index contributed by atoms with van der Waals surface area (Å²) in [5.74, 6) is -1.50. The van der Waals surface area contributed by atoms with E-state index in [0.29, 0.717) is 29.8 Å². The summed E-state index contributed by atoms with van der Waals surface area (Å²) in [4.78, 5) is 44.9. The van der Waals surface area contributed by atoms with Gasteiger partial charge in [-0.2, -0.15) is 0 Å². The topological polar surface area (TPSA) is 113 Å². The fourth-order valence-corrected chi connectivity index (χ4v) is 8.68. The van der Waals surface area contributed by atoms with Crippen molar-refractivity contribution in [1.29, 1.82) is 0 Å². The summed E-state index contributed by atoms with van der Waals surface area (Å²) in [7, 11) is 1.96. The number of hydrogen-bond acceptors (Lipinski definition) is 9. The van der Waals surface area contributed by atoms with Crippen molar-refractivity contribution in [3.63, 3.8) is 0 Å². The lowest BCUT2D eigenvalue weighted by atomic mass is 9.45. The Hall–Kier alpha value is -3.05. The molecule has 2 heterocycles. The van der Waals surface area contributed by atoms with E-state index in [-0.39, 0.29) is 24.6 Å². The average Bonchev–Trinajstić information content (AvgIpc) is 3.45. The number of carbonyl (C=O) groups is 3. The third-order valence-corrected chi connectivity index (χ3v) is 15.2. The number of allylic oxidation sites excluding steroid dienone is 1. The van der Waals surface area contributed by atoms with Crippen molar-refractivity contribution >= 4 is 32.0 Å². The number of amides is 1. The highest BCUT2D eigenvalue weighted by Crippen LogP contribution is 2.71. The van der Waals surface area contributed by atoms with E-state index in [1.807, 2.05) is 52.0 Å². The summed E-state index contributed by atoms with van der Waals surface area (Å²) in [6.45, 7) is 18.7. The monoisotopic (exact) mass is 644 g/mol. The molecule has 1 N–H and O–H groups in total. The first-order valence-corrected chi connectivity index (χ1v) is 18.7. The molecule has 1 saturated heterocycles. The number of hydrogen-bond donors (Lipinski definition) is 1. The van der Waals surface area contributed by atoms with Crippen LogP contribution in [0.5, 0.6) is 5.75 Å². The summed E-state index contributed by atoms with van der Waals surface area (Å²) in [6.07, 6.45) is 2.52. The number of rotatable bonds is 7. The smallest absolute Gasteiger partial charge is 0.412 e. The van der Waals surface area contributed by atoms with E-state index in [4.69, 9.17) is 23.4 Å². The molecule has 45 heavy (non-hydrogen) atoms. The molecule has 0 aromatic heterocycles. The number of anilines is 1. The molecular weight excluding hydrogens is 592 g/mol. The van der Waals surface area contributed by atoms with Gasteiger partial charge in [0.2, 0.25) is 0 Å². The van der Waals surface area contributed by atoms with E-state index < -0.39 is 54.4 Å². The third kappa shape index (κ3) is 5.05. The molecule has 2 fully saturated rings. The second kappa shape index (κ2) is 11.6. The Labute approximate surface area is 269 Å². The molecule has 11 heteroatoms. The number of ether oxygens (including phenoxy) is 4. The van der Waals surface area contributed by atoms with Gasteiger partial charge < -0.3 is 28.7 Å². The van der Waals surface area contributed by atoms with Crippen LogP contribution in [-0.2, 0) is 33.6 Å². The van der Waals surface area contributed by atoms with E-state index in [2.05, 4.69) is 39.2 Å². The molecule has 3 aliphatic rings. The Kier molecular flexibility index (Phi) is 9.00. The minimum Gasteiger partial charge on any atom is -0.497 e. The summed E-state index contributed by atoms with van der Waals surface area (Å²) in [5, 5.41) is 3.60. The Morgan fingerprint density at radius 2 is 1.64 bits per heavy atom. The predicted octanol–water partition coefficient (Wildman–Crippen LogP) is 6.41. The summed E-state index contributed by atoms with van der Waals surface area (Å²) < 4.78 is 29.5. The summed E-state index contributed by atoms with van der Waals surface area (Å²) in [6, 6.07) is 5.57. The maximum Gasteiger partial charge on any atom is 0.412 e. The van der Waals surface area contributed by atoms with Gasteiger partial charge in [0, 0.05) is 18.2 Å². The van der Waals surface area contributed by atoms with Crippen molar-refractivity contribution < 1.29 is 37.8 Å². The van der Waals surface area contributed by atoms with Crippen LogP contribution < -0.4 is 10.1 Å². The van der Waals surface area contributed by atoms with Crippen molar-refractivity contribution in [3.05, 3.63) is 35.4 Å². The predicted molar refractivity (Wildman–Crippen MR) is 175 cm³/mol. The van der Waals surface area contributed by atoms with Gasteiger partial charge in [-0.1, -0.05) is 26.8 Å². The van der Waals surface area contributed by atoms with Crippen molar-refractivity contribution in [2.75, 3.05) is 39.8 Å². The molecule has 0 unspecified atom stereocenters. The molecule has 1 saturated carbocycles. The fourth-order valence-electron chi connectivity index (χ4n) is 7.72. The second-order valence-electron chi connectivity index (χ2n) is 15.0. The van der Waals surface area contributed by atoms with Gasteiger partial charge in [-0.05, 0) is 94.4 Å². The molecule has 3 atom stereocenters. The first kappa shape index (κ1) is 34.8. The van der Waals surface area contributed by atoms with Gasteiger partial charge in [-0.15, -0.1) is 0 Å². The van der Waals surface area contributed by atoms with E-state index >= 15 is 0 Å². The lowest BCUT2D eigenvalue weighted by Gasteiger charge is -2.58. The number of carbonyl (C=O) groups excluding carboxylic acids is 3. The van der Waals surface area contributed by atoms with Crippen molar-refractivity contribution in [3.8, 4) is 5.75 Å². The maximum atomic E-state index is 14.7. The van der Waals surface area contributed by atoms with E-state index in [1.54, 1.807) is 12.0 Å². The molecule has 4 rings (SSSR count). The molecule has 0 bridgehead atoms. The van der Waals surface area contributed by atoms with Gasteiger partial charge in [-0.25, -0.2) is 4.79 Å².